The fourth-order valence-corrected chi connectivity index (χ4v) is 1.69. The molecule has 1 aromatic rings. The van der Waals surface area contributed by atoms with Crippen molar-refractivity contribution < 1.29 is 9.53 Å². The summed E-state index contributed by atoms with van der Waals surface area (Å²) in [6, 6.07) is 2.23. The van der Waals surface area contributed by atoms with Crippen LogP contribution in [0.2, 0.25) is 0 Å². The minimum atomic E-state index is -0.702. The predicted octanol–water partition coefficient (Wildman–Crippen LogP) is 1.53. The molecule has 0 saturated heterocycles. The summed E-state index contributed by atoms with van der Waals surface area (Å²) in [5.41, 5.74) is 5.88. The van der Waals surface area contributed by atoms with Gasteiger partial charge in [-0.15, -0.1) is 0 Å². The first-order valence-electron chi connectivity index (χ1n) is 6.34. The lowest BCUT2D eigenvalue weighted by Gasteiger charge is -2.24. The summed E-state index contributed by atoms with van der Waals surface area (Å²) in [6.45, 7) is 8.35. The Morgan fingerprint density at radius 1 is 1.61 bits per heavy atom. The van der Waals surface area contributed by atoms with Crippen LogP contribution in [0.25, 0.3) is 0 Å². The number of hydrogen-bond donors (Lipinski definition) is 1. The lowest BCUT2D eigenvalue weighted by atomic mass is 9.85. The number of carbonyl (C=O) groups excluding carboxylic acids is 1. The molecule has 0 spiro atoms. The molecule has 1 unspecified atom stereocenters. The fraction of sp³-hybridized carbons (Fsp3) is 0.692. The van der Waals surface area contributed by atoms with Crippen molar-refractivity contribution in [3.8, 4) is 0 Å². The molecule has 5 heteroatoms. The number of rotatable bonds is 6. The summed E-state index contributed by atoms with van der Waals surface area (Å²) in [7, 11) is 0. The van der Waals surface area contributed by atoms with Gasteiger partial charge >= 0.3 is 5.97 Å². The average molecular weight is 253 g/mol. The molecule has 1 aromatic heterocycles. The third-order valence-electron chi connectivity index (χ3n) is 2.98. The molecule has 0 amide bonds. The molecule has 0 saturated carbocycles. The van der Waals surface area contributed by atoms with E-state index in [1.807, 2.05) is 23.9 Å². The van der Waals surface area contributed by atoms with E-state index in [0.29, 0.717) is 19.1 Å². The molecule has 18 heavy (non-hydrogen) atoms. The molecule has 0 aromatic carbocycles. The first kappa shape index (κ1) is 14.7. The van der Waals surface area contributed by atoms with E-state index in [2.05, 4.69) is 18.9 Å². The number of nitrogens with zero attached hydrogens (tertiary/aromatic N) is 2. The van der Waals surface area contributed by atoms with E-state index >= 15 is 0 Å². The van der Waals surface area contributed by atoms with Gasteiger partial charge in [-0.25, -0.2) is 0 Å². The van der Waals surface area contributed by atoms with Crippen LogP contribution in [0.15, 0.2) is 12.3 Å². The van der Waals surface area contributed by atoms with Gasteiger partial charge in [0.25, 0.3) is 0 Å². The maximum absolute atomic E-state index is 11.9. The van der Waals surface area contributed by atoms with Gasteiger partial charge in [-0.1, -0.05) is 0 Å². The zero-order valence-corrected chi connectivity index (χ0v) is 11.6. The van der Waals surface area contributed by atoms with Gasteiger partial charge < -0.3 is 10.5 Å². The molecular weight excluding hydrogens is 230 g/mol. The van der Waals surface area contributed by atoms with Crippen molar-refractivity contribution >= 4 is 5.97 Å². The summed E-state index contributed by atoms with van der Waals surface area (Å²) < 4.78 is 6.94. The Bertz CT molecular complexity index is 401. The minimum absolute atomic E-state index is 0.250. The Labute approximate surface area is 108 Å². The average Bonchev–Trinajstić information content (AvgIpc) is 2.77. The Balaban J connectivity index is 2.81. The van der Waals surface area contributed by atoms with E-state index in [1.54, 1.807) is 6.92 Å². The van der Waals surface area contributed by atoms with E-state index in [0.717, 1.165) is 5.69 Å². The quantitative estimate of drug-likeness (QED) is 0.781. The maximum atomic E-state index is 11.9. The second-order valence-electron chi connectivity index (χ2n) is 5.04. The fourth-order valence-electron chi connectivity index (χ4n) is 1.69. The summed E-state index contributed by atoms with van der Waals surface area (Å²) >= 11 is 0. The van der Waals surface area contributed by atoms with E-state index in [4.69, 9.17) is 10.5 Å². The Hall–Kier alpha value is -1.36. The Morgan fingerprint density at radius 3 is 2.72 bits per heavy atom. The van der Waals surface area contributed by atoms with Crippen molar-refractivity contribution in [2.45, 2.75) is 40.2 Å². The van der Waals surface area contributed by atoms with E-state index in [-0.39, 0.29) is 12.5 Å². The molecule has 1 rings (SSSR count). The zero-order chi connectivity index (χ0) is 13.8. The Kier molecular flexibility index (Phi) is 4.90. The number of hydrogen-bond acceptors (Lipinski definition) is 4. The molecule has 0 aliphatic rings. The van der Waals surface area contributed by atoms with Gasteiger partial charge in [-0.2, -0.15) is 5.10 Å². The lowest BCUT2D eigenvalue weighted by Crippen LogP contribution is -2.39. The molecule has 102 valence electrons. The van der Waals surface area contributed by atoms with Crippen LogP contribution in [0.3, 0.4) is 0 Å². The van der Waals surface area contributed by atoms with Gasteiger partial charge in [0.2, 0.25) is 0 Å². The van der Waals surface area contributed by atoms with Crippen LogP contribution in [-0.2, 0) is 16.0 Å². The van der Waals surface area contributed by atoms with Crippen molar-refractivity contribution in [1.82, 2.24) is 9.78 Å². The van der Waals surface area contributed by atoms with Gasteiger partial charge in [0.15, 0.2) is 0 Å². The van der Waals surface area contributed by atoms with Gasteiger partial charge in [-0.05, 0) is 33.8 Å². The molecule has 5 nitrogen and oxygen atoms in total. The summed E-state index contributed by atoms with van der Waals surface area (Å²) in [5, 5.41) is 4.44. The van der Waals surface area contributed by atoms with E-state index in [9.17, 15) is 4.79 Å². The van der Waals surface area contributed by atoms with E-state index < -0.39 is 5.41 Å². The van der Waals surface area contributed by atoms with Gasteiger partial charge in [0.05, 0.1) is 17.7 Å². The predicted molar refractivity (Wildman–Crippen MR) is 70.1 cm³/mol. The molecule has 0 aliphatic carbocycles. The van der Waals surface area contributed by atoms with Crippen LogP contribution in [0.4, 0.5) is 0 Å². The zero-order valence-electron chi connectivity index (χ0n) is 11.6. The second-order valence-corrected chi connectivity index (χ2v) is 5.04. The molecule has 1 heterocycles. The molecule has 0 aliphatic heterocycles. The molecule has 0 radical (unpaired) electrons. The number of carbonyl (C=O) groups is 1. The van der Waals surface area contributed by atoms with Crippen LogP contribution >= 0.6 is 0 Å². The summed E-state index contributed by atoms with van der Waals surface area (Å²) in [5.74, 6) is -0.258. The second kappa shape index (κ2) is 6.00. The van der Waals surface area contributed by atoms with Crippen molar-refractivity contribution in [2.75, 3.05) is 13.2 Å². The van der Waals surface area contributed by atoms with Crippen LogP contribution in [0.5, 0.6) is 0 Å². The molecule has 2 N–H and O–H groups in total. The standard InChI is InChI=1S/C13H23N3O2/c1-5-18-12(17)13(4,9-14)8-11-6-7-16(15-11)10(2)3/h6-7,10H,5,8-9,14H2,1-4H3. The van der Waals surface area contributed by atoms with Crippen LogP contribution in [-0.4, -0.2) is 28.9 Å². The Morgan fingerprint density at radius 2 is 2.28 bits per heavy atom. The largest absolute Gasteiger partial charge is 0.466 e. The normalized spacial score (nSPS) is 14.6. The number of ether oxygens (including phenoxy) is 1. The third kappa shape index (κ3) is 3.32. The molecule has 1 atom stereocenters. The van der Waals surface area contributed by atoms with Crippen molar-refractivity contribution in [2.24, 2.45) is 11.1 Å². The van der Waals surface area contributed by atoms with Crippen molar-refractivity contribution in [1.29, 1.82) is 0 Å². The summed E-state index contributed by atoms with van der Waals surface area (Å²) in [4.78, 5) is 11.9. The first-order chi connectivity index (χ1) is 8.42. The number of nitrogens with two attached hydrogens (primary N) is 1. The topological polar surface area (TPSA) is 70.1 Å². The van der Waals surface area contributed by atoms with Gasteiger partial charge in [-0.3, -0.25) is 9.48 Å². The molecular formula is C13H23N3O2. The highest BCUT2D eigenvalue weighted by Crippen LogP contribution is 2.22. The van der Waals surface area contributed by atoms with Gasteiger partial charge in [0, 0.05) is 25.2 Å². The third-order valence-corrected chi connectivity index (χ3v) is 2.98. The molecule has 0 fully saturated rings. The highest BCUT2D eigenvalue weighted by molar-refractivity contribution is 5.77. The van der Waals surface area contributed by atoms with E-state index in [1.165, 1.54) is 0 Å². The van der Waals surface area contributed by atoms with Gasteiger partial charge in [0.1, 0.15) is 0 Å². The number of esters is 1. The number of aromatic nitrogens is 2. The minimum Gasteiger partial charge on any atom is -0.466 e. The van der Waals surface area contributed by atoms with Crippen molar-refractivity contribution in [3.63, 3.8) is 0 Å². The molecule has 0 bridgehead atoms. The highest BCUT2D eigenvalue weighted by Gasteiger charge is 2.34. The van der Waals surface area contributed by atoms with Crippen LogP contribution < -0.4 is 5.73 Å². The summed E-state index contributed by atoms with van der Waals surface area (Å²) in [6.07, 6.45) is 2.42. The smallest absolute Gasteiger partial charge is 0.313 e. The monoisotopic (exact) mass is 253 g/mol. The highest BCUT2D eigenvalue weighted by atomic mass is 16.5. The maximum Gasteiger partial charge on any atom is 0.313 e. The lowest BCUT2D eigenvalue weighted by molar-refractivity contribution is -0.153. The SMILES string of the molecule is CCOC(=O)C(C)(CN)Cc1ccn(C(C)C)n1. The van der Waals surface area contributed by atoms with Crippen LogP contribution in [0.1, 0.15) is 39.4 Å². The first-order valence-corrected chi connectivity index (χ1v) is 6.34. The van der Waals surface area contributed by atoms with Crippen molar-refractivity contribution in [3.05, 3.63) is 18.0 Å². The van der Waals surface area contributed by atoms with Crippen LogP contribution in [0, 0.1) is 5.41 Å².